The van der Waals surface area contributed by atoms with E-state index in [-0.39, 0.29) is 11.4 Å². The average molecular weight is 422 g/mol. The van der Waals surface area contributed by atoms with E-state index in [0.29, 0.717) is 12.1 Å². The van der Waals surface area contributed by atoms with Gasteiger partial charge >= 0.3 is 0 Å². The molecule has 2 rings (SSSR count). The molecule has 31 heavy (non-hydrogen) atoms. The zero-order chi connectivity index (χ0) is 23.2. The van der Waals surface area contributed by atoms with Crippen LogP contribution < -0.4 is 5.73 Å². The predicted octanol–water partition coefficient (Wildman–Crippen LogP) is 5.21. The Kier molecular flexibility index (Phi) is 11.0. The van der Waals surface area contributed by atoms with Gasteiger partial charge in [0.25, 0.3) is 0 Å². The number of rotatable bonds is 8. The first-order valence-electron chi connectivity index (χ1n) is 10.1. The summed E-state index contributed by atoms with van der Waals surface area (Å²) in [7, 11) is 3.28. The van der Waals surface area contributed by atoms with Crippen molar-refractivity contribution in [2.75, 3.05) is 20.0 Å². The Balaban J connectivity index is 0.000000592. The number of nitrogens with two attached hydrogens (primary N) is 1. The van der Waals surface area contributed by atoms with Crippen LogP contribution in [-0.4, -0.2) is 24.0 Å². The van der Waals surface area contributed by atoms with Crippen LogP contribution in [0, 0.1) is 22.7 Å². The molecule has 164 valence electrons. The molecule has 2 aromatic rings. The summed E-state index contributed by atoms with van der Waals surface area (Å²) < 4.78 is 11.6. The van der Waals surface area contributed by atoms with Crippen molar-refractivity contribution in [3.63, 3.8) is 0 Å². The molecule has 0 spiro atoms. The Morgan fingerprint density at radius 2 is 1.84 bits per heavy atom. The lowest BCUT2D eigenvalue weighted by atomic mass is 9.99. The van der Waals surface area contributed by atoms with Crippen molar-refractivity contribution in [2.24, 2.45) is 0 Å². The third-order valence-electron chi connectivity index (χ3n) is 4.55. The summed E-state index contributed by atoms with van der Waals surface area (Å²) in [5, 5.41) is 23.4. The molecule has 1 aromatic heterocycles. The molecule has 1 heterocycles. The van der Waals surface area contributed by atoms with Crippen LogP contribution in [0.1, 0.15) is 57.2 Å². The van der Waals surface area contributed by atoms with E-state index in [1.54, 1.807) is 14.2 Å². The van der Waals surface area contributed by atoms with Gasteiger partial charge in [-0.3, -0.25) is 0 Å². The molecule has 1 aromatic carbocycles. The van der Waals surface area contributed by atoms with E-state index in [1.165, 1.54) is 4.68 Å². The molecule has 0 amide bonds. The molecule has 0 aliphatic carbocycles. The van der Waals surface area contributed by atoms with E-state index >= 15 is 0 Å². The summed E-state index contributed by atoms with van der Waals surface area (Å²) in [6.07, 6.45) is 6.10. The molecule has 0 fully saturated rings. The van der Waals surface area contributed by atoms with Gasteiger partial charge in [-0.05, 0) is 44.1 Å². The monoisotopic (exact) mass is 421 g/mol. The van der Waals surface area contributed by atoms with Crippen LogP contribution in [0.25, 0.3) is 5.69 Å². The Labute approximate surface area is 185 Å². The minimum atomic E-state index is -0.566. The number of nitriles is 2. The topological polar surface area (TPSA) is 110 Å². The van der Waals surface area contributed by atoms with Crippen molar-refractivity contribution >= 4 is 5.82 Å². The number of allylic oxidation sites excluding steroid dienone is 4. The first kappa shape index (κ1) is 25.3. The van der Waals surface area contributed by atoms with Gasteiger partial charge < -0.3 is 15.2 Å². The third kappa shape index (κ3) is 7.24. The quantitative estimate of drug-likeness (QED) is 0.586. The molecule has 0 bridgehead atoms. The van der Waals surface area contributed by atoms with Crippen molar-refractivity contribution < 1.29 is 9.47 Å². The molecular weight excluding hydrogens is 390 g/mol. The first-order valence-corrected chi connectivity index (χ1v) is 10.1. The standard InChI is InChI=1S/C18H19N5O.C6H12O/c1-3-15(24-2)10-9-13(11-19)17-16(12-20)18(21)23(22-17)14-7-5-4-6-8-14;1-4-5-6(2)7-3/h4-8,10,13H,3,9,21H2,1-2H3;5H,4H2,1-3H3/b15-10-;6-5+. The van der Waals surface area contributed by atoms with Gasteiger partial charge in [0.1, 0.15) is 23.1 Å². The fourth-order valence-corrected chi connectivity index (χ4v) is 2.79. The largest absolute Gasteiger partial charge is 0.502 e. The number of nitrogen functional groups attached to an aromatic ring is 1. The van der Waals surface area contributed by atoms with Gasteiger partial charge in [-0.1, -0.05) is 32.0 Å². The molecule has 0 radical (unpaired) electrons. The number of anilines is 1. The van der Waals surface area contributed by atoms with E-state index in [2.05, 4.69) is 24.2 Å². The zero-order valence-electron chi connectivity index (χ0n) is 18.9. The number of aromatic nitrogens is 2. The van der Waals surface area contributed by atoms with Crippen LogP contribution >= 0.6 is 0 Å². The highest BCUT2D eigenvalue weighted by atomic mass is 16.5. The fourth-order valence-electron chi connectivity index (χ4n) is 2.79. The number of hydrogen-bond donors (Lipinski definition) is 1. The van der Waals surface area contributed by atoms with Crippen molar-refractivity contribution in [3.8, 4) is 17.8 Å². The Morgan fingerprint density at radius 1 is 1.16 bits per heavy atom. The molecule has 1 atom stereocenters. The molecule has 0 aliphatic rings. The van der Waals surface area contributed by atoms with E-state index < -0.39 is 5.92 Å². The van der Waals surface area contributed by atoms with Crippen molar-refractivity contribution in [2.45, 2.75) is 46.0 Å². The normalized spacial score (nSPS) is 12.1. The maximum absolute atomic E-state index is 9.51. The number of para-hydroxylation sites is 1. The number of nitrogens with zero attached hydrogens (tertiary/aromatic N) is 4. The highest BCUT2D eigenvalue weighted by Crippen LogP contribution is 2.28. The first-order chi connectivity index (χ1) is 15.0. The smallest absolute Gasteiger partial charge is 0.145 e. The van der Waals surface area contributed by atoms with Crippen LogP contribution in [0.3, 0.4) is 0 Å². The Bertz CT molecular complexity index is 956. The van der Waals surface area contributed by atoms with Gasteiger partial charge in [-0.2, -0.15) is 15.6 Å². The SMILES string of the molecule is CC/C(=C/CC(C#N)c1nn(-c2ccccc2)c(N)c1C#N)OC.CC/C=C(\C)OC. The predicted molar refractivity (Wildman–Crippen MR) is 122 cm³/mol. The minimum Gasteiger partial charge on any atom is -0.502 e. The van der Waals surface area contributed by atoms with Crippen LogP contribution in [0.15, 0.2) is 54.0 Å². The fraction of sp³-hybridized carbons (Fsp3) is 0.375. The average Bonchev–Trinajstić information content (AvgIpc) is 3.14. The van der Waals surface area contributed by atoms with Gasteiger partial charge in [-0.15, -0.1) is 0 Å². The molecule has 0 saturated heterocycles. The van der Waals surface area contributed by atoms with Crippen LogP contribution in [0.5, 0.6) is 0 Å². The minimum absolute atomic E-state index is 0.241. The van der Waals surface area contributed by atoms with E-state index in [4.69, 9.17) is 15.2 Å². The van der Waals surface area contributed by atoms with Gasteiger partial charge in [0.15, 0.2) is 0 Å². The van der Waals surface area contributed by atoms with Crippen molar-refractivity contribution in [1.29, 1.82) is 10.5 Å². The lowest BCUT2D eigenvalue weighted by Gasteiger charge is -2.06. The van der Waals surface area contributed by atoms with Gasteiger partial charge in [0.2, 0.25) is 0 Å². The zero-order valence-corrected chi connectivity index (χ0v) is 18.9. The van der Waals surface area contributed by atoms with Crippen LogP contribution in [0.4, 0.5) is 5.82 Å². The second-order valence-electron chi connectivity index (χ2n) is 6.58. The number of ether oxygens (including phenoxy) is 2. The molecule has 1 unspecified atom stereocenters. The van der Waals surface area contributed by atoms with E-state index in [9.17, 15) is 10.5 Å². The molecule has 7 heteroatoms. The lowest BCUT2D eigenvalue weighted by molar-refractivity contribution is 0.278. The van der Waals surface area contributed by atoms with Crippen LogP contribution in [0.2, 0.25) is 0 Å². The highest BCUT2D eigenvalue weighted by molar-refractivity contribution is 5.57. The molecule has 2 N–H and O–H groups in total. The molecule has 7 nitrogen and oxygen atoms in total. The second-order valence-corrected chi connectivity index (χ2v) is 6.58. The number of benzene rings is 1. The third-order valence-corrected chi connectivity index (χ3v) is 4.55. The summed E-state index contributed by atoms with van der Waals surface area (Å²) in [4.78, 5) is 0. The van der Waals surface area contributed by atoms with Gasteiger partial charge in [-0.25, -0.2) is 4.68 Å². The molecular formula is C24H31N5O2. The van der Waals surface area contributed by atoms with E-state index in [0.717, 1.165) is 30.0 Å². The summed E-state index contributed by atoms with van der Waals surface area (Å²) in [6, 6.07) is 13.6. The summed E-state index contributed by atoms with van der Waals surface area (Å²) in [6.45, 7) is 6.01. The van der Waals surface area contributed by atoms with Crippen molar-refractivity contribution in [1.82, 2.24) is 9.78 Å². The van der Waals surface area contributed by atoms with Crippen LogP contribution in [-0.2, 0) is 9.47 Å². The van der Waals surface area contributed by atoms with E-state index in [1.807, 2.05) is 56.3 Å². The second kappa shape index (κ2) is 13.5. The Hall–Kier alpha value is -3.71. The summed E-state index contributed by atoms with van der Waals surface area (Å²) in [5.74, 6) is 1.47. The maximum Gasteiger partial charge on any atom is 0.145 e. The van der Waals surface area contributed by atoms with Gasteiger partial charge in [0, 0.05) is 6.42 Å². The lowest BCUT2D eigenvalue weighted by Crippen LogP contribution is -2.02. The van der Waals surface area contributed by atoms with Crippen molar-refractivity contribution in [3.05, 3.63) is 65.3 Å². The molecule has 0 aliphatic heterocycles. The Morgan fingerprint density at radius 3 is 2.29 bits per heavy atom. The molecule has 0 saturated carbocycles. The summed E-state index contributed by atoms with van der Waals surface area (Å²) in [5.41, 5.74) is 7.46. The highest BCUT2D eigenvalue weighted by Gasteiger charge is 2.23. The number of methoxy groups -OCH3 is 2. The number of hydrogen-bond acceptors (Lipinski definition) is 6. The van der Waals surface area contributed by atoms with Gasteiger partial charge in [0.05, 0.1) is 43.4 Å². The maximum atomic E-state index is 9.51. The summed E-state index contributed by atoms with van der Waals surface area (Å²) >= 11 is 0.